The Balaban J connectivity index is 1.72. The van der Waals surface area contributed by atoms with Crippen LogP contribution in [0.5, 0.6) is 0 Å². The number of piperidine rings is 2. The third-order valence-electron chi connectivity index (χ3n) is 4.03. The number of hydrogen-bond donors (Lipinski definition) is 1. The largest absolute Gasteiger partial charge is 0.342 e. The molecule has 0 aromatic rings. The van der Waals surface area contributed by atoms with E-state index in [0.717, 1.165) is 38.8 Å². The molecule has 2 aliphatic heterocycles. The second-order valence-corrected chi connectivity index (χ2v) is 5.31. The predicted molar refractivity (Wildman–Crippen MR) is 67.8 cm³/mol. The molecule has 2 heterocycles. The van der Waals surface area contributed by atoms with Crippen molar-refractivity contribution in [2.24, 2.45) is 11.8 Å². The van der Waals surface area contributed by atoms with E-state index in [1.54, 1.807) is 0 Å². The number of amides is 1. The molecule has 0 unspecified atom stereocenters. The average molecular weight is 271 g/mol. The van der Waals surface area contributed by atoms with Crippen molar-refractivity contribution in [3.63, 3.8) is 0 Å². The summed E-state index contributed by atoms with van der Waals surface area (Å²) in [7, 11) is 0. The lowest BCUT2D eigenvalue weighted by atomic mass is 9.93. The van der Waals surface area contributed by atoms with Crippen LogP contribution in [0.1, 0.15) is 25.7 Å². The fourth-order valence-electron chi connectivity index (χ4n) is 2.81. The van der Waals surface area contributed by atoms with Gasteiger partial charge < -0.3 is 15.1 Å². The Morgan fingerprint density at radius 2 is 1.89 bits per heavy atom. The van der Waals surface area contributed by atoms with Crippen molar-refractivity contribution >= 4 is 5.91 Å². The SMILES string of the molecule is O=C(C1CCNCC1)N1CCC(CO[N+](=O)[O-])CC1. The Morgan fingerprint density at radius 1 is 1.26 bits per heavy atom. The molecule has 2 fully saturated rings. The predicted octanol–water partition coefficient (Wildman–Crippen LogP) is 0.433. The molecule has 108 valence electrons. The zero-order chi connectivity index (χ0) is 13.7. The first-order valence-corrected chi connectivity index (χ1v) is 6.93. The van der Waals surface area contributed by atoms with Gasteiger partial charge in [0.1, 0.15) is 0 Å². The Hall–Kier alpha value is -1.37. The molecule has 2 aliphatic rings. The number of carbonyl (C=O) groups excluding carboxylic acids is 1. The summed E-state index contributed by atoms with van der Waals surface area (Å²) in [6, 6.07) is 0. The van der Waals surface area contributed by atoms with Crippen molar-refractivity contribution in [1.82, 2.24) is 10.2 Å². The second kappa shape index (κ2) is 6.70. The van der Waals surface area contributed by atoms with Crippen molar-refractivity contribution in [3.8, 4) is 0 Å². The summed E-state index contributed by atoms with van der Waals surface area (Å²) >= 11 is 0. The highest BCUT2D eigenvalue weighted by atomic mass is 16.9. The molecular formula is C12H21N3O4. The molecule has 0 bridgehead atoms. The van der Waals surface area contributed by atoms with Crippen LogP contribution in [-0.4, -0.2) is 48.7 Å². The highest BCUT2D eigenvalue weighted by Crippen LogP contribution is 2.22. The van der Waals surface area contributed by atoms with E-state index in [1.807, 2.05) is 4.90 Å². The van der Waals surface area contributed by atoms with Crippen molar-refractivity contribution in [3.05, 3.63) is 10.1 Å². The maximum absolute atomic E-state index is 12.3. The van der Waals surface area contributed by atoms with E-state index in [2.05, 4.69) is 10.2 Å². The van der Waals surface area contributed by atoms with Gasteiger partial charge in [0, 0.05) is 19.0 Å². The van der Waals surface area contributed by atoms with E-state index in [0.29, 0.717) is 13.1 Å². The van der Waals surface area contributed by atoms with Crippen molar-refractivity contribution in [1.29, 1.82) is 0 Å². The van der Waals surface area contributed by atoms with E-state index in [4.69, 9.17) is 0 Å². The van der Waals surface area contributed by atoms with Crippen LogP contribution in [0.3, 0.4) is 0 Å². The van der Waals surface area contributed by atoms with E-state index in [9.17, 15) is 14.9 Å². The van der Waals surface area contributed by atoms with Gasteiger partial charge in [0.05, 0.1) is 6.61 Å². The normalized spacial score (nSPS) is 22.2. The number of likely N-dealkylation sites (tertiary alicyclic amines) is 1. The molecule has 0 aromatic carbocycles. The lowest BCUT2D eigenvalue weighted by Gasteiger charge is -2.35. The summed E-state index contributed by atoms with van der Waals surface area (Å²) in [4.78, 5) is 28.7. The first-order chi connectivity index (χ1) is 9.16. The van der Waals surface area contributed by atoms with Crippen molar-refractivity contribution in [2.45, 2.75) is 25.7 Å². The minimum atomic E-state index is -0.743. The van der Waals surface area contributed by atoms with Gasteiger partial charge in [0.2, 0.25) is 5.91 Å². The van der Waals surface area contributed by atoms with Crippen LogP contribution in [0.4, 0.5) is 0 Å². The van der Waals surface area contributed by atoms with Gasteiger partial charge in [0.25, 0.3) is 5.09 Å². The topological polar surface area (TPSA) is 84.7 Å². The molecule has 2 saturated heterocycles. The summed E-state index contributed by atoms with van der Waals surface area (Å²) < 4.78 is 0. The Labute approximate surface area is 112 Å². The Bertz CT molecular complexity index is 323. The highest BCUT2D eigenvalue weighted by Gasteiger charge is 2.29. The van der Waals surface area contributed by atoms with Gasteiger partial charge in [0.15, 0.2) is 0 Å². The van der Waals surface area contributed by atoms with Crippen LogP contribution in [0.2, 0.25) is 0 Å². The molecule has 7 heteroatoms. The van der Waals surface area contributed by atoms with E-state index in [-0.39, 0.29) is 24.3 Å². The van der Waals surface area contributed by atoms with Gasteiger partial charge in [-0.05, 0) is 44.7 Å². The third-order valence-corrected chi connectivity index (χ3v) is 4.03. The van der Waals surface area contributed by atoms with Crippen molar-refractivity contribution in [2.75, 3.05) is 32.8 Å². The van der Waals surface area contributed by atoms with Gasteiger partial charge in [-0.3, -0.25) is 4.79 Å². The van der Waals surface area contributed by atoms with Gasteiger partial charge in [-0.15, -0.1) is 10.1 Å². The standard InChI is InChI=1S/C12H21N3O4/c16-12(11-1-5-13-6-2-11)14-7-3-10(4-8-14)9-19-15(17)18/h10-11,13H,1-9H2. The van der Waals surface area contributed by atoms with Gasteiger partial charge in [-0.25, -0.2) is 0 Å². The molecule has 1 N–H and O–H groups in total. The fourth-order valence-corrected chi connectivity index (χ4v) is 2.81. The van der Waals surface area contributed by atoms with Crippen LogP contribution in [-0.2, 0) is 9.63 Å². The van der Waals surface area contributed by atoms with E-state index < -0.39 is 5.09 Å². The first-order valence-electron chi connectivity index (χ1n) is 6.93. The molecule has 2 rings (SSSR count). The zero-order valence-electron chi connectivity index (χ0n) is 11.0. The number of nitrogens with zero attached hydrogens (tertiary/aromatic N) is 2. The van der Waals surface area contributed by atoms with Crippen LogP contribution >= 0.6 is 0 Å². The molecule has 1 amide bonds. The maximum Gasteiger partial charge on any atom is 0.294 e. The first kappa shape index (κ1) is 14.0. The quantitative estimate of drug-likeness (QED) is 0.592. The molecule has 0 saturated carbocycles. The van der Waals surface area contributed by atoms with Gasteiger partial charge in [-0.1, -0.05) is 0 Å². The van der Waals surface area contributed by atoms with E-state index >= 15 is 0 Å². The summed E-state index contributed by atoms with van der Waals surface area (Å²) in [5, 5.41) is 12.6. The minimum absolute atomic E-state index is 0.155. The lowest BCUT2D eigenvalue weighted by molar-refractivity contribution is -0.759. The minimum Gasteiger partial charge on any atom is -0.342 e. The second-order valence-electron chi connectivity index (χ2n) is 5.31. The van der Waals surface area contributed by atoms with Gasteiger partial charge in [-0.2, -0.15) is 0 Å². The molecule has 19 heavy (non-hydrogen) atoms. The molecule has 7 nitrogen and oxygen atoms in total. The van der Waals surface area contributed by atoms with Crippen LogP contribution < -0.4 is 5.32 Å². The fraction of sp³-hybridized carbons (Fsp3) is 0.917. The molecular weight excluding hydrogens is 250 g/mol. The number of nitrogens with one attached hydrogen (secondary N) is 1. The number of rotatable bonds is 4. The summed E-state index contributed by atoms with van der Waals surface area (Å²) in [5.74, 6) is 0.616. The van der Waals surface area contributed by atoms with E-state index in [1.165, 1.54) is 0 Å². The molecule has 0 atom stereocenters. The number of carbonyl (C=O) groups is 1. The molecule has 0 aliphatic carbocycles. The number of hydrogen-bond acceptors (Lipinski definition) is 5. The summed E-state index contributed by atoms with van der Waals surface area (Å²) in [5.41, 5.74) is 0. The van der Waals surface area contributed by atoms with Crippen molar-refractivity contribution < 1.29 is 14.7 Å². The average Bonchev–Trinajstić information content (AvgIpc) is 2.46. The Morgan fingerprint density at radius 3 is 2.47 bits per heavy atom. The van der Waals surface area contributed by atoms with Crippen LogP contribution in [0.15, 0.2) is 0 Å². The Kier molecular flexibility index (Phi) is 4.95. The highest BCUT2D eigenvalue weighted by molar-refractivity contribution is 5.79. The zero-order valence-corrected chi connectivity index (χ0v) is 11.0. The smallest absolute Gasteiger partial charge is 0.294 e. The molecule has 0 aromatic heterocycles. The monoisotopic (exact) mass is 271 g/mol. The maximum atomic E-state index is 12.3. The molecule has 0 spiro atoms. The summed E-state index contributed by atoms with van der Waals surface area (Å²) in [6.07, 6.45) is 3.43. The molecule has 0 radical (unpaired) electrons. The third kappa shape index (κ3) is 4.05. The lowest BCUT2D eigenvalue weighted by Crippen LogP contribution is -2.45. The van der Waals surface area contributed by atoms with Gasteiger partial charge >= 0.3 is 0 Å². The summed E-state index contributed by atoms with van der Waals surface area (Å²) in [6.45, 7) is 3.40. The van der Waals surface area contributed by atoms with Crippen LogP contribution in [0, 0.1) is 22.0 Å². The van der Waals surface area contributed by atoms with Crippen LogP contribution in [0.25, 0.3) is 0 Å².